The lowest BCUT2D eigenvalue weighted by atomic mass is 10.0. The molecule has 1 aliphatic heterocycles. The van der Waals surface area contributed by atoms with Crippen LogP contribution in [0.3, 0.4) is 0 Å². The van der Waals surface area contributed by atoms with Gasteiger partial charge in [-0.3, -0.25) is 0 Å². The van der Waals surface area contributed by atoms with E-state index in [4.69, 9.17) is 11.6 Å². The third-order valence-electron chi connectivity index (χ3n) is 4.16. The van der Waals surface area contributed by atoms with Gasteiger partial charge in [0.25, 0.3) is 0 Å². The number of benzene rings is 1. The molecule has 1 unspecified atom stereocenters. The van der Waals surface area contributed by atoms with Crippen molar-refractivity contribution in [2.24, 2.45) is 0 Å². The molecule has 1 aromatic carbocycles. The van der Waals surface area contributed by atoms with Crippen LogP contribution in [-0.4, -0.2) is 31.1 Å². The van der Waals surface area contributed by atoms with E-state index in [1.54, 1.807) is 0 Å². The first kappa shape index (κ1) is 17.3. The predicted octanol–water partition coefficient (Wildman–Crippen LogP) is 5.02. The Hall–Kier alpha value is -0.0900. The Morgan fingerprint density at radius 2 is 2.05 bits per heavy atom. The first-order chi connectivity index (χ1) is 10.2. The molecule has 1 aromatic rings. The lowest BCUT2D eigenvalue weighted by Crippen LogP contribution is -2.33. The van der Waals surface area contributed by atoms with Gasteiger partial charge in [-0.2, -0.15) is 0 Å². The fourth-order valence-electron chi connectivity index (χ4n) is 2.96. The van der Waals surface area contributed by atoms with Gasteiger partial charge in [-0.1, -0.05) is 46.9 Å². The van der Waals surface area contributed by atoms with Gasteiger partial charge in [-0.25, -0.2) is 0 Å². The van der Waals surface area contributed by atoms with Gasteiger partial charge in [-0.05, 0) is 69.6 Å². The first-order valence-electron chi connectivity index (χ1n) is 8.11. The van der Waals surface area contributed by atoms with Gasteiger partial charge in [-0.15, -0.1) is 0 Å². The number of halogens is 2. The van der Waals surface area contributed by atoms with Gasteiger partial charge in [0.1, 0.15) is 0 Å². The van der Waals surface area contributed by atoms with E-state index in [0.29, 0.717) is 6.04 Å². The van der Waals surface area contributed by atoms with Crippen molar-refractivity contribution in [1.82, 2.24) is 10.2 Å². The molecule has 2 nitrogen and oxygen atoms in total. The molecule has 1 N–H and O–H groups in total. The number of likely N-dealkylation sites (tertiary alicyclic amines) is 1. The molecular weight excluding hydrogens is 348 g/mol. The Labute approximate surface area is 142 Å². The third-order valence-corrected chi connectivity index (χ3v) is 4.98. The molecule has 2 rings (SSSR count). The van der Waals surface area contributed by atoms with E-state index in [9.17, 15) is 0 Å². The summed E-state index contributed by atoms with van der Waals surface area (Å²) < 4.78 is 1.04. The molecule has 1 heterocycles. The average Bonchev–Trinajstić information content (AvgIpc) is 2.49. The zero-order valence-corrected chi connectivity index (χ0v) is 15.2. The maximum atomic E-state index is 6.44. The van der Waals surface area contributed by atoms with Crippen LogP contribution in [0.15, 0.2) is 22.7 Å². The topological polar surface area (TPSA) is 15.3 Å². The lowest BCUT2D eigenvalue weighted by molar-refractivity contribution is 0.217. The Kier molecular flexibility index (Phi) is 7.51. The van der Waals surface area contributed by atoms with Crippen molar-refractivity contribution in [2.45, 2.75) is 45.1 Å². The summed E-state index contributed by atoms with van der Waals surface area (Å²) in [5, 5.41) is 4.52. The number of piperidine rings is 1. The van der Waals surface area contributed by atoms with Crippen LogP contribution in [0.1, 0.15) is 50.6 Å². The quantitative estimate of drug-likeness (QED) is 0.722. The van der Waals surface area contributed by atoms with Crippen LogP contribution in [0, 0.1) is 0 Å². The summed E-state index contributed by atoms with van der Waals surface area (Å²) in [6, 6.07) is 6.59. The van der Waals surface area contributed by atoms with Crippen LogP contribution < -0.4 is 5.32 Å². The Morgan fingerprint density at radius 1 is 1.29 bits per heavy atom. The van der Waals surface area contributed by atoms with Gasteiger partial charge in [0.15, 0.2) is 0 Å². The van der Waals surface area contributed by atoms with Crippen LogP contribution in [-0.2, 0) is 0 Å². The average molecular weight is 374 g/mol. The molecule has 1 atom stereocenters. The molecule has 0 bridgehead atoms. The Balaban J connectivity index is 1.99. The third kappa shape index (κ3) is 5.55. The van der Waals surface area contributed by atoms with E-state index in [1.807, 2.05) is 6.07 Å². The minimum absolute atomic E-state index is 0.354. The number of nitrogens with zero attached hydrogens (tertiary/aromatic N) is 1. The van der Waals surface area contributed by atoms with E-state index >= 15 is 0 Å². The summed E-state index contributed by atoms with van der Waals surface area (Å²) >= 11 is 9.93. The van der Waals surface area contributed by atoms with Gasteiger partial charge < -0.3 is 10.2 Å². The second kappa shape index (κ2) is 9.14. The van der Waals surface area contributed by atoms with Crippen molar-refractivity contribution in [1.29, 1.82) is 0 Å². The van der Waals surface area contributed by atoms with Crippen LogP contribution in [0.25, 0.3) is 0 Å². The Bertz CT molecular complexity index is 433. The summed E-state index contributed by atoms with van der Waals surface area (Å²) in [6.07, 6.45) is 6.38. The van der Waals surface area contributed by atoms with E-state index in [2.05, 4.69) is 45.2 Å². The highest BCUT2D eigenvalue weighted by Crippen LogP contribution is 2.28. The monoisotopic (exact) mass is 372 g/mol. The molecular formula is C17H26BrClN2. The molecule has 0 aromatic heterocycles. The first-order valence-corrected chi connectivity index (χ1v) is 9.28. The van der Waals surface area contributed by atoms with Crippen molar-refractivity contribution < 1.29 is 0 Å². The van der Waals surface area contributed by atoms with Crippen molar-refractivity contribution >= 4 is 27.5 Å². The van der Waals surface area contributed by atoms with Gasteiger partial charge in [0, 0.05) is 15.5 Å². The van der Waals surface area contributed by atoms with Crippen LogP contribution >= 0.6 is 27.5 Å². The minimum atomic E-state index is 0.354. The summed E-state index contributed by atoms with van der Waals surface area (Å²) in [4.78, 5) is 2.59. The van der Waals surface area contributed by atoms with Crippen LogP contribution in [0.2, 0.25) is 5.02 Å². The molecule has 0 aliphatic carbocycles. The van der Waals surface area contributed by atoms with E-state index < -0.39 is 0 Å². The molecule has 1 saturated heterocycles. The summed E-state index contributed by atoms with van der Waals surface area (Å²) in [5.74, 6) is 0. The summed E-state index contributed by atoms with van der Waals surface area (Å²) in [5.41, 5.74) is 1.23. The minimum Gasteiger partial charge on any atom is -0.310 e. The lowest BCUT2D eigenvalue weighted by Gasteiger charge is -2.29. The smallest absolute Gasteiger partial charge is 0.0465 e. The second-order valence-electron chi connectivity index (χ2n) is 5.86. The van der Waals surface area contributed by atoms with E-state index in [0.717, 1.165) is 35.4 Å². The summed E-state index contributed by atoms with van der Waals surface area (Å²) in [6.45, 7) is 6.92. The maximum Gasteiger partial charge on any atom is 0.0465 e. The van der Waals surface area contributed by atoms with Crippen molar-refractivity contribution in [3.63, 3.8) is 0 Å². The van der Waals surface area contributed by atoms with Crippen molar-refractivity contribution in [2.75, 3.05) is 26.2 Å². The van der Waals surface area contributed by atoms with Gasteiger partial charge in [0.05, 0.1) is 0 Å². The van der Waals surface area contributed by atoms with Crippen LogP contribution in [0.4, 0.5) is 0 Å². The highest BCUT2D eigenvalue weighted by Gasteiger charge is 2.17. The molecule has 0 radical (unpaired) electrons. The Morgan fingerprint density at radius 3 is 2.71 bits per heavy atom. The highest BCUT2D eigenvalue weighted by atomic mass is 79.9. The number of hydrogen-bond acceptors (Lipinski definition) is 2. The SMILES string of the molecule is CCCNC(CCN1CCCCC1)c1ccc(Br)cc1Cl. The molecule has 118 valence electrons. The summed E-state index contributed by atoms with van der Waals surface area (Å²) in [7, 11) is 0. The molecule has 21 heavy (non-hydrogen) atoms. The fraction of sp³-hybridized carbons (Fsp3) is 0.647. The number of nitrogens with one attached hydrogen (secondary N) is 1. The standard InChI is InChI=1S/C17H26BrClN2/c1-2-9-20-17(8-12-21-10-4-3-5-11-21)15-7-6-14(18)13-16(15)19/h6-7,13,17,20H,2-5,8-12H2,1H3. The van der Waals surface area contributed by atoms with Crippen molar-refractivity contribution in [3.05, 3.63) is 33.3 Å². The molecule has 0 saturated carbocycles. The van der Waals surface area contributed by atoms with E-state index in [-0.39, 0.29) is 0 Å². The fourth-order valence-corrected chi connectivity index (χ4v) is 3.77. The second-order valence-corrected chi connectivity index (χ2v) is 7.19. The molecule has 1 fully saturated rings. The van der Waals surface area contributed by atoms with Gasteiger partial charge in [0.2, 0.25) is 0 Å². The maximum absolute atomic E-state index is 6.44. The molecule has 4 heteroatoms. The van der Waals surface area contributed by atoms with Crippen molar-refractivity contribution in [3.8, 4) is 0 Å². The molecule has 0 spiro atoms. The highest BCUT2D eigenvalue weighted by molar-refractivity contribution is 9.10. The van der Waals surface area contributed by atoms with E-state index in [1.165, 1.54) is 37.9 Å². The van der Waals surface area contributed by atoms with Crippen LogP contribution in [0.5, 0.6) is 0 Å². The normalized spacial score (nSPS) is 17.9. The number of hydrogen-bond donors (Lipinski definition) is 1. The zero-order chi connectivity index (χ0) is 15.1. The zero-order valence-electron chi connectivity index (χ0n) is 12.9. The molecule has 0 amide bonds. The largest absolute Gasteiger partial charge is 0.310 e. The predicted molar refractivity (Wildman–Crippen MR) is 95.1 cm³/mol. The van der Waals surface area contributed by atoms with Gasteiger partial charge >= 0.3 is 0 Å². The number of rotatable bonds is 7. The molecule has 1 aliphatic rings.